The fraction of sp³-hybridized carbons (Fsp3) is 0.688. The van der Waals surface area contributed by atoms with Gasteiger partial charge < -0.3 is 0 Å². The van der Waals surface area contributed by atoms with Gasteiger partial charge in [0.15, 0.2) is 0 Å². The van der Waals surface area contributed by atoms with Crippen LogP contribution in [0.2, 0.25) is 0 Å². The summed E-state index contributed by atoms with van der Waals surface area (Å²) in [5.41, 5.74) is 2.54. The molecule has 1 rings (SSSR count). The number of aryl methyl sites for hydroxylation is 1. The van der Waals surface area contributed by atoms with Gasteiger partial charge in [0, 0.05) is 16.8 Å². The van der Waals surface area contributed by atoms with E-state index in [2.05, 4.69) is 64.7 Å². The van der Waals surface area contributed by atoms with Crippen molar-refractivity contribution in [1.29, 1.82) is 0 Å². The highest BCUT2D eigenvalue weighted by Crippen LogP contribution is 2.19. The van der Waals surface area contributed by atoms with Crippen LogP contribution >= 0.6 is 0 Å². The van der Waals surface area contributed by atoms with E-state index in [0.717, 1.165) is 6.42 Å². The van der Waals surface area contributed by atoms with Crippen molar-refractivity contribution in [2.24, 2.45) is 0 Å². The molecule has 0 spiro atoms. The quantitative estimate of drug-likeness (QED) is 0.638. The average Bonchev–Trinajstić information content (AvgIpc) is 2.32. The first-order chi connectivity index (χ1) is 7.95. The highest BCUT2D eigenvalue weighted by atomic mass is 14.7. The molecule has 0 fully saturated rings. The normalized spacial score (nSPS) is 9.65. The van der Waals surface area contributed by atoms with Crippen LogP contribution in [0.25, 0.3) is 0 Å². The van der Waals surface area contributed by atoms with Gasteiger partial charge in [0.2, 0.25) is 0 Å². The lowest BCUT2D eigenvalue weighted by molar-refractivity contribution is 0.566. The molecule has 0 aliphatic carbocycles. The van der Waals surface area contributed by atoms with Crippen molar-refractivity contribution in [2.45, 2.75) is 73.6 Å². The van der Waals surface area contributed by atoms with Gasteiger partial charge in [-0.3, -0.25) is 4.98 Å². The minimum absolute atomic E-state index is 0.172. The molecule has 17 heavy (non-hydrogen) atoms. The Morgan fingerprint density at radius 1 is 1.00 bits per heavy atom. The molecule has 1 nitrogen and oxygen atoms in total. The van der Waals surface area contributed by atoms with Crippen molar-refractivity contribution in [3.05, 3.63) is 29.6 Å². The SMILES string of the molecule is CC.CCC.CCc1cccc(C(C)(C)C)n1. The number of pyridine rings is 1. The first kappa shape index (κ1) is 18.5. The van der Waals surface area contributed by atoms with E-state index in [9.17, 15) is 0 Å². The summed E-state index contributed by atoms with van der Waals surface area (Å²) in [5.74, 6) is 0. The Hall–Kier alpha value is -0.850. The molecule has 0 aliphatic rings. The topological polar surface area (TPSA) is 12.9 Å². The number of aromatic nitrogens is 1. The Bertz CT molecular complexity index is 271. The van der Waals surface area contributed by atoms with E-state index in [0.29, 0.717) is 0 Å². The third-order valence-corrected chi connectivity index (χ3v) is 1.94. The zero-order chi connectivity index (χ0) is 13.9. The molecule has 0 bridgehead atoms. The molecule has 1 heteroatoms. The number of rotatable bonds is 1. The van der Waals surface area contributed by atoms with Gasteiger partial charge in [-0.15, -0.1) is 0 Å². The third kappa shape index (κ3) is 8.91. The maximum atomic E-state index is 4.56. The van der Waals surface area contributed by atoms with Gasteiger partial charge in [0.05, 0.1) is 0 Å². The lowest BCUT2D eigenvalue weighted by atomic mass is 9.91. The van der Waals surface area contributed by atoms with E-state index in [-0.39, 0.29) is 5.41 Å². The van der Waals surface area contributed by atoms with Crippen LogP contribution in [0.1, 0.15) is 73.2 Å². The lowest BCUT2D eigenvalue weighted by Gasteiger charge is -2.17. The van der Waals surface area contributed by atoms with Crippen molar-refractivity contribution < 1.29 is 0 Å². The van der Waals surface area contributed by atoms with Gasteiger partial charge in [-0.2, -0.15) is 0 Å². The summed E-state index contributed by atoms with van der Waals surface area (Å²) in [6, 6.07) is 6.26. The fourth-order valence-electron chi connectivity index (χ4n) is 1.09. The number of hydrogen-bond donors (Lipinski definition) is 0. The first-order valence-corrected chi connectivity index (χ1v) is 6.92. The molecule has 1 aromatic heterocycles. The van der Waals surface area contributed by atoms with E-state index in [4.69, 9.17) is 0 Å². The van der Waals surface area contributed by atoms with Gasteiger partial charge in [-0.1, -0.05) is 67.9 Å². The molecule has 0 atom stereocenters. The van der Waals surface area contributed by atoms with E-state index in [1.165, 1.54) is 17.8 Å². The van der Waals surface area contributed by atoms with Crippen molar-refractivity contribution in [3.8, 4) is 0 Å². The molecule has 0 radical (unpaired) electrons. The minimum Gasteiger partial charge on any atom is -0.257 e. The van der Waals surface area contributed by atoms with Crippen LogP contribution in [0.4, 0.5) is 0 Å². The van der Waals surface area contributed by atoms with Crippen molar-refractivity contribution in [3.63, 3.8) is 0 Å². The number of hydrogen-bond acceptors (Lipinski definition) is 1. The molecule has 0 saturated heterocycles. The predicted molar refractivity (Wildman–Crippen MR) is 79.6 cm³/mol. The van der Waals surface area contributed by atoms with Crippen LogP contribution in [-0.4, -0.2) is 4.98 Å². The highest BCUT2D eigenvalue weighted by Gasteiger charge is 2.14. The zero-order valence-corrected chi connectivity index (χ0v) is 13.1. The summed E-state index contributed by atoms with van der Waals surface area (Å²) in [6.07, 6.45) is 2.27. The molecular weight excluding hydrogens is 206 g/mol. The summed E-state index contributed by atoms with van der Waals surface area (Å²) in [7, 11) is 0. The van der Waals surface area contributed by atoms with E-state index >= 15 is 0 Å². The molecular formula is C16H31N. The Morgan fingerprint density at radius 2 is 1.47 bits per heavy atom. The molecule has 0 N–H and O–H groups in total. The third-order valence-electron chi connectivity index (χ3n) is 1.94. The van der Waals surface area contributed by atoms with Gasteiger partial charge >= 0.3 is 0 Å². The van der Waals surface area contributed by atoms with E-state index < -0.39 is 0 Å². The zero-order valence-electron chi connectivity index (χ0n) is 13.1. The first-order valence-electron chi connectivity index (χ1n) is 6.92. The second kappa shape index (κ2) is 10.3. The van der Waals surface area contributed by atoms with E-state index in [1.54, 1.807) is 0 Å². The fourth-order valence-corrected chi connectivity index (χ4v) is 1.09. The van der Waals surface area contributed by atoms with Crippen LogP contribution in [0.5, 0.6) is 0 Å². The Morgan fingerprint density at radius 3 is 1.82 bits per heavy atom. The Labute approximate surface area is 109 Å². The van der Waals surface area contributed by atoms with E-state index in [1.807, 2.05) is 13.8 Å². The summed E-state index contributed by atoms with van der Waals surface area (Å²) in [5, 5.41) is 0. The van der Waals surface area contributed by atoms with Crippen LogP contribution < -0.4 is 0 Å². The molecule has 1 heterocycles. The molecule has 0 saturated carbocycles. The maximum absolute atomic E-state index is 4.56. The summed E-state index contributed by atoms with van der Waals surface area (Å²) >= 11 is 0. The molecule has 0 aliphatic heterocycles. The van der Waals surface area contributed by atoms with Crippen molar-refractivity contribution in [1.82, 2.24) is 4.98 Å². The summed E-state index contributed by atoms with van der Waals surface area (Å²) in [4.78, 5) is 4.56. The summed E-state index contributed by atoms with van der Waals surface area (Å²) < 4.78 is 0. The average molecular weight is 237 g/mol. The lowest BCUT2D eigenvalue weighted by Crippen LogP contribution is -2.13. The second-order valence-corrected chi connectivity index (χ2v) is 4.82. The van der Waals surface area contributed by atoms with Gasteiger partial charge in [-0.05, 0) is 18.6 Å². The molecule has 0 amide bonds. The minimum atomic E-state index is 0.172. The van der Waals surface area contributed by atoms with Gasteiger partial charge in [0.1, 0.15) is 0 Å². The summed E-state index contributed by atoms with van der Waals surface area (Å²) in [6.45, 7) is 17.0. The second-order valence-electron chi connectivity index (χ2n) is 4.82. The molecule has 0 aromatic carbocycles. The standard InChI is InChI=1S/C11H17N.C3H8.C2H6/c1-5-9-7-6-8-10(12-9)11(2,3)4;1-3-2;1-2/h6-8H,5H2,1-4H3;3H2,1-2H3;1-2H3. The van der Waals surface area contributed by atoms with Crippen LogP contribution in [0.3, 0.4) is 0 Å². The largest absolute Gasteiger partial charge is 0.257 e. The van der Waals surface area contributed by atoms with Gasteiger partial charge in [0.25, 0.3) is 0 Å². The van der Waals surface area contributed by atoms with Crippen LogP contribution in [-0.2, 0) is 11.8 Å². The predicted octanol–water partition coefficient (Wildman–Crippen LogP) is 5.38. The Balaban J connectivity index is 0. The monoisotopic (exact) mass is 237 g/mol. The molecule has 0 unspecified atom stereocenters. The van der Waals surface area contributed by atoms with Gasteiger partial charge in [-0.25, -0.2) is 0 Å². The molecule has 100 valence electrons. The van der Waals surface area contributed by atoms with Crippen LogP contribution in [0, 0.1) is 0 Å². The number of nitrogens with zero attached hydrogens (tertiary/aromatic N) is 1. The smallest absolute Gasteiger partial charge is 0.0460 e. The van der Waals surface area contributed by atoms with Crippen LogP contribution in [0.15, 0.2) is 18.2 Å². The van der Waals surface area contributed by atoms with Crippen molar-refractivity contribution >= 4 is 0 Å². The molecule has 1 aromatic rings. The van der Waals surface area contributed by atoms with Crippen molar-refractivity contribution in [2.75, 3.05) is 0 Å². The Kier molecular flexibility index (Phi) is 11.2. The highest BCUT2D eigenvalue weighted by molar-refractivity contribution is 5.17. The maximum Gasteiger partial charge on any atom is 0.0460 e.